The minimum atomic E-state index is -0.619. The summed E-state index contributed by atoms with van der Waals surface area (Å²) in [5, 5.41) is 10.4. The van der Waals surface area contributed by atoms with Gasteiger partial charge in [0, 0.05) is 0 Å². The van der Waals surface area contributed by atoms with E-state index < -0.39 is 4.92 Å². The van der Waals surface area contributed by atoms with Gasteiger partial charge < -0.3 is 14.9 Å². The molecule has 1 rings (SSSR count). The number of nitrogens with zero attached hydrogens (tertiary/aromatic N) is 2. The Morgan fingerprint density at radius 3 is 3.15 bits per heavy atom. The van der Waals surface area contributed by atoms with E-state index in [2.05, 4.69) is 10.9 Å². The molecule has 1 heterocycles. The molecule has 0 unspecified atom stereocenters. The Morgan fingerprint density at radius 1 is 1.77 bits per heavy atom. The zero-order chi connectivity index (χ0) is 9.68. The molecule has 0 saturated heterocycles. The summed E-state index contributed by atoms with van der Waals surface area (Å²) in [6.45, 7) is -0.00741. The van der Waals surface area contributed by atoms with E-state index >= 15 is 0 Å². The highest BCUT2D eigenvalue weighted by Crippen LogP contribution is 2.22. The fourth-order valence-electron chi connectivity index (χ4n) is 0.751. The van der Waals surface area contributed by atoms with Gasteiger partial charge in [-0.15, -0.1) is 6.42 Å². The van der Waals surface area contributed by atoms with Crippen molar-refractivity contribution in [3.05, 3.63) is 28.4 Å². The average Bonchev–Trinajstić information content (AvgIpc) is 2.15. The van der Waals surface area contributed by atoms with Gasteiger partial charge in [0.2, 0.25) is 5.75 Å². The molecule has 0 aromatic carbocycles. The van der Waals surface area contributed by atoms with Crippen molar-refractivity contribution >= 4 is 5.82 Å². The maximum Gasteiger partial charge on any atom is 0.406 e. The molecule has 0 aliphatic carbocycles. The summed E-state index contributed by atoms with van der Waals surface area (Å²) in [6, 6.07) is 2.99. The second-order valence-corrected chi connectivity index (χ2v) is 2.08. The van der Waals surface area contributed by atoms with Crippen molar-refractivity contribution in [3.63, 3.8) is 0 Å². The molecule has 0 aliphatic rings. The summed E-state index contributed by atoms with van der Waals surface area (Å²) < 4.78 is 4.91. The van der Waals surface area contributed by atoms with Gasteiger partial charge in [-0.3, -0.25) is 0 Å². The minimum absolute atomic E-state index is 0.00741. The third kappa shape index (κ3) is 2.17. The molecule has 0 spiro atoms. The number of rotatable bonds is 3. The van der Waals surface area contributed by atoms with Crippen molar-refractivity contribution in [1.82, 2.24) is 4.98 Å². The van der Waals surface area contributed by atoms with Gasteiger partial charge in [-0.2, -0.15) is 0 Å². The van der Waals surface area contributed by atoms with Crippen LogP contribution in [0.25, 0.3) is 0 Å². The molecule has 5 heteroatoms. The lowest BCUT2D eigenvalue weighted by Gasteiger charge is -2.00. The van der Waals surface area contributed by atoms with E-state index in [-0.39, 0.29) is 18.2 Å². The Hall–Kier alpha value is -2.09. The highest BCUT2D eigenvalue weighted by molar-refractivity contribution is 5.38. The van der Waals surface area contributed by atoms with Gasteiger partial charge in [0.25, 0.3) is 0 Å². The molecule has 0 atom stereocenters. The predicted molar refractivity (Wildman–Crippen MR) is 45.2 cm³/mol. The quantitative estimate of drug-likeness (QED) is 0.393. The average molecular weight is 178 g/mol. The van der Waals surface area contributed by atoms with Gasteiger partial charge in [-0.05, 0) is 22.0 Å². The van der Waals surface area contributed by atoms with Crippen LogP contribution >= 0.6 is 0 Å². The summed E-state index contributed by atoms with van der Waals surface area (Å²) in [5.74, 6) is 1.98. The highest BCUT2D eigenvalue weighted by Gasteiger charge is 2.14. The van der Waals surface area contributed by atoms with Gasteiger partial charge in [0.05, 0.1) is 0 Å². The fourth-order valence-corrected chi connectivity index (χ4v) is 0.751. The molecule has 0 bridgehead atoms. The molecular formula is C8H6N2O3. The van der Waals surface area contributed by atoms with Crippen molar-refractivity contribution in [2.75, 3.05) is 6.61 Å². The van der Waals surface area contributed by atoms with Crippen LogP contribution in [0.15, 0.2) is 18.3 Å². The number of nitro groups is 1. The molecule has 0 saturated carbocycles. The molecule has 0 aliphatic heterocycles. The molecule has 0 fully saturated rings. The predicted octanol–water partition coefficient (Wildman–Crippen LogP) is 1.00. The highest BCUT2D eigenvalue weighted by atomic mass is 16.6. The Labute approximate surface area is 74.5 Å². The Balaban J connectivity index is 2.92. The van der Waals surface area contributed by atoms with E-state index in [4.69, 9.17) is 11.2 Å². The Bertz CT molecular complexity index is 357. The lowest BCUT2D eigenvalue weighted by Crippen LogP contribution is -1.99. The normalized spacial score (nSPS) is 8.85. The second kappa shape index (κ2) is 4.07. The summed E-state index contributed by atoms with van der Waals surface area (Å²) in [5.41, 5.74) is 0. The van der Waals surface area contributed by atoms with E-state index in [1.807, 2.05) is 0 Å². The number of hydrogen-bond acceptors (Lipinski definition) is 4. The van der Waals surface area contributed by atoms with E-state index in [1.165, 1.54) is 12.3 Å². The van der Waals surface area contributed by atoms with Crippen LogP contribution in [0.5, 0.6) is 5.75 Å². The summed E-state index contributed by atoms with van der Waals surface area (Å²) in [4.78, 5) is 13.3. The number of ether oxygens (including phenoxy) is 1. The van der Waals surface area contributed by atoms with Crippen molar-refractivity contribution in [1.29, 1.82) is 0 Å². The van der Waals surface area contributed by atoms with Crippen LogP contribution in [0.2, 0.25) is 0 Å². The van der Waals surface area contributed by atoms with Gasteiger partial charge >= 0.3 is 5.82 Å². The molecule has 0 radical (unpaired) electrons. The monoisotopic (exact) mass is 178 g/mol. The zero-order valence-electron chi connectivity index (χ0n) is 6.64. The van der Waals surface area contributed by atoms with E-state index in [1.54, 1.807) is 6.07 Å². The molecule has 5 nitrogen and oxygen atoms in total. The largest absolute Gasteiger partial charge is 0.473 e. The van der Waals surface area contributed by atoms with Crippen molar-refractivity contribution in [2.45, 2.75) is 0 Å². The minimum Gasteiger partial charge on any atom is -0.473 e. The van der Waals surface area contributed by atoms with Crippen LogP contribution in [0.4, 0.5) is 5.82 Å². The van der Waals surface area contributed by atoms with E-state index in [9.17, 15) is 10.1 Å². The van der Waals surface area contributed by atoms with Gasteiger partial charge in [-0.1, -0.05) is 5.92 Å². The molecule has 0 N–H and O–H groups in total. The van der Waals surface area contributed by atoms with Gasteiger partial charge in [-0.25, -0.2) is 0 Å². The molecule has 0 amide bonds. The Morgan fingerprint density at radius 2 is 2.54 bits per heavy atom. The number of aromatic nitrogens is 1. The third-order valence-electron chi connectivity index (χ3n) is 1.23. The maximum absolute atomic E-state index is 10.4. The molecular weight excluding hydrogens is 172 g/mol. The SMILES string of the molecule is C#CCOc1cccnc1[N+](=O)[O-]. The van der Waals surface area contributed by atoms with E-state index in [0.29, 0.717) is 0 Å². The summed E-state index contributed by atoms with van der Waals surface area (Å²) in [6.07, 6.45) is 6.26. The zero-order valence-corrected chi connectivity index (χ0v) is 6.64. The maximum atomic E-state index is 10.4. The van der Waals surface area contributed by atoms with Gasteiger partial charge in [0.15, 0.2) is 0 Å². The Kier molecular flexibility index (Phi) is 2.82. The smallest absolute Gasteiger partial charge is 0.406 e. The molecule has 13 heavy (non-hydrogen) atoms. The standard InChI is InChI=1S/C8H6N2O3/c1-2-6-13-7-4-3-5-9-8(7)10(11)12/h1,3-5H,6H2. The van der Waals surface area contributed by atoms with Crippen LogP contribution in [-0.2, 0) is 0 Å². The summed E-state index contributed by atoms with van der Waals surface area (Å²) in [7, 11) is 0. The van der Waals surface area contributed by atoms with Crippen LogP contribution in [-0.4, -0.2) is 16.5 Å². The second-order valence-electron chi connectivity index (χ2n) is 2.08. The first-order chi connectivity index (χ1) is 6.25. The number of terminal acetylenes is 1. The van der Waals surface area contributed by atoms with Crippen LogP contribution in [0.1, 0.15) is 0 Å². The number of pyridine rings is 1. The van der Waals surface area contributed by atoms with Crippen LogP contribution in [0, 0.1) is 22.5 Å². The van der Waals surface area contributed by atoms with Crippen molar-refractivity contribution in [2.24, 2.45) is 0 Å². The first kappa shape index (κ1) is 9.00. The molecule has 1 aromatic heterocycles. The molecule has 66 valence electrons. The lowest BCUT2D eigenvalue weighted by atomic mass is 10.4. The summed E-state index contributed by atoms with van der Waals surface area (Å²) >= 11 is 0. The topological polar surface area (TPSA) is 65.3 Å². The van der Waals surface area contributed by atoms with Crippen molar-refractivity contribution in [3.8, 4) is 18.1 Å². The number of hydrogen-bond donors (Lipinski definition) is 0. The lowest BCUT2D eigenvalue weighted by molar-refractivity contribution is -0.390. The third-order valence-corrected chi connectivity index (χ3v) is 1.23. The fraction of sp³-hybridized carbons (Fsp3) is 0.125. The van der Waals surface area contributed by atoms with Crippen LogP contribution < -0.4 is 4.74 Å². The first-order valence-corrected chi connectivity index (χ1v) is 3.41. The first-order valence-electron chi connectivity index (χ1n) is 3.41. The van der Waals surface area contributed by atoms with Crippen molar-refractivity contribution < 1.29 is 9.66 Å². The molecule has 1 aromatic rings. The van der Waals surface area contributed by atoms with E-state index in [0.717, 1.165) is 0 Å². The van der Waals surface area contributed by atoms with Crippen LogP contribution in [0.3, 0.4) is 0 Å². The van der Waals surface area contributed by atoms with Gasteiger partial charge in [0.1, 0.15) is 12.8 Å².